The lowest BCUT2D eigenvalue weighted by Crippen LogP contribution is -2.49. The number of carbonyl (C=O) groups is 1. The van der Waals surface area contributed by atoms with Crippen LogP contribution in [0.5, 0.6) is 0 Å². The molecule has 7 heteroatoms. The number of halogens is 1. The Morgan fingerprint density at radius 1 is 1.03 bits per heavy atom. The number of hydrogen-bond acceptors (Lipinski definition) is 5. The van der Waals surface area contributed by atoms with Crippen LogP contribution in [-0.2, 0) is 11.2 Å². The SMILES string of the molecule is Cc1ccc2c(c1)Sc1ccc(F)cc1C(N1CCN(CCN3CCOC3=O)CC1)C2. The minimum Gasteiger partial charge on any atom is -0.448 e. The minimum atomic E-state index is -0.192. The van der Waals surface area contributed by atoms with Crippen LogP contribution in [0.1, 0.15) is 22.7 Å². The van der Waals surface area contributed by atoms with Gasteiger partial charge in [-0.05, 0) is 54.3 Å². The number of benzene rings is 2. The van der Waals surface area contributed by atoms with Gasteiger partial charge in [-0.25, -0.2) is 9.18 Å². The molecule has 1 atom stereocenters. The molecule has 3 aliphatic heterocycles. The molecule has 2 saturated heterocycles. The molecule has 0 spiro atoms. The third kappa shape index (κ3) is 4.45. The van der Waals surface area contributed by atoms with E-state index >= 15 is 0 Å². The van der Waals surface area contributed by atoms with Crippen molar-refractivity contribution in [1.82, 2.24) is 14.7 Å². The van der Waals surface area contributed by atoms with E-state index in [2.05, 4.69) is 34.9 Å². The molecule has 0 saturated carbocycles. The molecular weight excluding hydrogens is 413 g/mol. The zero-order valence-corrected chi connectivity index (χ0v) is 18.7. The number of cyclic esters (lactones) is 1. The zero-order chi connectivity index (χ0) is 21.4. The summed E-state index contributed by atoms with van der Waals surface area (Å²) in [6.45, 7) is 8.71. The zero-order valence-electron chi connectivity index (χ0n) is 17.8. The van der Waals surface area contributed by atoms with Crippen molar-refractivity contribution >= 4 is 17.9 Å². The van der Waals surface area contributed by atoms with Crippen molar-refractivity contribution in [3.05, 3.63) is 58.9 Å². The summed E-state index contributed by atoms with van der Waals surface area (Å²) in [5.74, 6) is -0.164. The van der Waals surface area contributed by atoms with E-state index in [0.717, 1.165) is 56.1 Å². The normalized spacial score (nSPS) is 22.1. The van der Waals surface area contributed by atoms with Crippen LogP contribution >= 0.6 is 11.8 Å². The standard InChI is InChI=1S/C24H28FN3O2S/c1-17-2-3-18-15-21(20-16-19(25)4-5-22(20)31-23(18)14-17)27-9-6-26(7-10-27)8-11-28-12-13-30-24(28)29/h2-5,14,16,21H,6-13,15H2,1H3. The first-order valence-electron chi connectivity index (χ1n) is 11.0. The molecule has 3 heterocycles. The Bertz CT molecular complexity index is 977. The number of carbonyl (C=O) groups excluding carboxylic acids is 1. The molecule has 0 bridgehead atoms. The summed E-state index contributed by atoms with van der Waals surface area (Å²) in [5, 5.41) is 0. The summed E-state index contributed by atoms with van der Waals surface area (Å²) in [6.07, 6.45) is 0.709. The summed E-state index contributed by atoms with van der Waals surface area (Å²) in [6, 6.07) is 12.1. The number of nitrogens with zero attached hydrogens (tertiary/aromatic N) is 3. The van der Waals surface area contributed by atoms with Gasteiger partial charge in [0, 0.05) is 55.1 Å². The van der Waals surface area contributed by atoms with Crippen LogP contribution in [0.15, 0.2) is 46.2 Å². The Kier molecular flexibility index (Phi) is 5.91. The van der Waals surface area contributed by atoms with E-state index in [-0.39, 0.29) is 18.0 Å². The van der Waals surface area contributed by atoms with Gasteiger partial charge in [0.25, 0.3) is 0 Å². The molecular formula is C24H28FN3O2S. The summed E-state index contributed by atoms with van der Waals surface area (Å²) < 4.78 is 19.2. The van der Waals surface area contributed by atoms with Crippen LogP contribution < -0.4 is 0 Å². The molecule has 5 rings (SSSR count). The molecule has 1 amide bonds. The van der Waals surface area contributed by atoms with Gasteiger partial charge in [-0.15, -0.1) is 0 Å². The summed E-state index contributed by atoms with van der Waals surface area (Å²) in [4.78, 5) is 20.8. The van der Waals surface area contributed by atoms with Crippen LogP contribution in [-0.4, -0.2) is 73.2 Å². The Balaban J connectivity index is 1.30. The summed E-state index contributed by atoms with van der Waals surface area (Å²) in [7, 11) is 0. The van der Waals surface area contributed by atoms with E-state index in [4.69, 9.17) is 4.74 Å². The monoisotopic (exact) mass is 441 g/mol. The van der Waals surface area contributed by atoms with Crippen molar-refractivity contribution in [2.45, 2.75) is 29.2 Å². The molecule has 0 radical (unpaired) electrons. The molecule has 3 aliphatic rings. The Hall–Kier alpha value is -2.09. The fraction of sp³-hybridized carbons (Fsp3) is 0.458. The number of piperazine rings is 1. The van der Waals surface area contributed by atoms with Crippen LogP contribution in [0.4, 0.5) is 9.18 Å². The van der Waals surface area contributed by atoms with Gasteiger partial charge in [-0.2, -0.15) is 0 Å². The topological polar surface area (TPSA) is 36.0 Å². The third-order valence-corrected chi connectivity index (χ3v) is 7.76. The van der Waals surface area contributed by atoms with E-state index in [9.17, 15) is 9.18 Å². The first-order valence-corrected chi connectivity index (χ1v) is 11.8. The molecule has 5 nitrogen and oxygen atoms in total. The molecule has 2 aromatic carbocycles. The van der Waals surface area contributed by atoms with Crippen LogP contribution in [0.2, 0.25) is 0 Å². The minimum absolute atomic E-state index is 0.164. The maximum absolute atomic E-state index is 14.2. The van der Waals surface area contributed by atoms with Crippen LogP contribution in [0.3, 0.4) is 0 Å². The molecule has 31 heavy (non-hydrogen) atoms. The number of amides is 1. The van der Waals surface area contributed by atoms with E-state index in [0.29, 0.717) is 13.2 Å². The van der Waals surface area contributed by atoms with Crippen molar-refractivity contribution in [2.75, 3.05) is 52.4 Å². The van der Waals surface area contributed by atoms with Gasteiger partial charge in [0.05, 0.1) is 6.54 Å². The Morgan fingerprint density at radius 3 is 2.65 bits per heavy atom. The quantitative estimate of drug-likeness (QED) is 0.718. The Labute approximate surface area is 187 Å². The number of hydrogen-bond donors (Lipinski definition) is 0. The van der Waals surface area contributed by atoms with Crippen molar-refractivity contribution in [3.63, 3.8) is 0 Å². The van der Waals surface area contributed by atoms with Gasteiger partial charge in [0.1, 0.15) is 12.4 Å². The summed E-state index contributed by atoms with van der Waals surface area (Å²) in [5.41, 5.74) is 3.70. The van der Waals surface area contributed by atoms with Crippen LogP contribution in [0, 0.1) is 12.7 Å². The van der Waals surface area contributed by atoms with Gasteiger partial charge in [0.2, 0.25) is 0 Å². The molecule has 0 aromatic heterocycles. The van der Waals surface area contributed by atoms with Gasteiger partial charge < -0.3 is 9.64 Å². The average Bonchev–Trinajstić information content (AvgIpc) is 3.11. The fourth-order valence-corrected chi connectivity index (χ4v) is 5.96. The lowest BCUT2D eigenvalue weighted by Gasteiger charge is -2.40. The number of ether oxygens (including phenoxy) is 1. The van der Waals surface area contributed by atoms with Crippen molar-refractivity contribution < 1.29 is 13.9 Å². The second-order valence-corrected chi connectivity index (χ2v) is 9.68. The number of fused-ring (bicyclic) bond motifs is 2. The molecule has 2 aromatic rings. The maximum atomic E-state index is 14.2. The van der Waals surface area contributed by atoms with E-state index in [1.807, 2.05) is 6.07 Å². The molecule has 2 fully saturated rings. The lowest BCUT2D eigenvalue weighted by molar-refractivity contribution is 0.0887. The maximum Gasteiger partial charge on any atom is 0.409 e. The highest BCUT2D eigenvalue weighted by atomic mass is 32.2. The van der Waals surface area contributed by atoms with Gasteiger partial charge in [-0.1, -0.05) is 23.9 Å². The largest absolute Gasteiger partial charge is 0.448 e. The van der Waals surface area contributed by atoms with Gasteiger partial charge in [-0.3, -0.25) is 9.80 Å². The second-order valence-electron chi connectivity index (χ2n) is 8.59. The molecule has 1 unspecified atom stereocenters. The summed E-state index contributed by atoms with van der Waals surface area (Å²) >= 11 is 1.76. The van der Waals surface area contributed by atoms with Gasteiger partial charge in [0.15, 0.2) is 0 Å². The fourth-order valence-electron chi connectivity index (χ4n) is 4.75. The van der Waals surface area contributed by atoms with Gasteiger partial charge >= 0.3 is 6.09 Å². The smallest absolute Gasteiger partial charge is 0.409 e. The highest BCUT2D eigenvalue weighted by molar-refractivity contribution is 7.99. The van der Waals surface area contributed by atoms with E-state index in [1.54, 1.807) is 28.8 Å². The Morgan fingerprint density at radius 2 is 1.87 bits per heavy atom. The molecule has 164 valence electrons. The molecule has 0 aliphatic carbocycles. The lowest BCUT2D eigenvalue weighted by atomic mass is 9.96. The van der Waals surface area contributed by atoms with Crippen molar-refractivity contribution in [1.29, 1.82) is 0 Å². The van der Waals surface area contributed by atoms with Crippen molar-refractivity contribution in [3.8, 4) is 0 Å². The average molecular weight is 442 g/mol. The predicted octanol–water partition coefficient (Wildman–Crippen LogP) is 3.95. The van der Waals surface area contributed by atoms with Crippen LogP contribution in [0.25, 0.3) is 0 Å². The van der Waals surface area contributed by atoms with E-state index < -0.39 is 0 Å². The third-order valence-electron chi connectivity index (χ3n) is 6.57. The number of rotatable bonds is 4. The highest BCUT2D eigenvalue weighted by Gasteiger charge is 2.31. The second kappa shape index (κ2) is 8.81. The molecule has 0 N–H and O–H groups in total. The first-order chi connectivity index (χ1) is 15.1. The predicted molar refractivity (Wildman–Crippen MR) is 119 cm³/mol. The first kappa shape index (κ1) is 20.8. The highest BCUT2D eigenvalue weighted by Crippen LogP contribution is 2.43. The number of aryl methyl sites for hydroxylation is 1. The van der Waals surface area contributed by atoms with E-state index in [1.165, 1.54) is 16.0 Å². The van der Waals surface area contributed by atoms with Crippen molar-refractivity contribution in [2.24, 2.45) is 0 Å².